The molecule has 3 N–H and O–H groups in total. The zero-order valence-corrected chi connectivity index (χ0v) is 21.5. The van der Waals surface area contributed by atoms with Crippen molar-refractivity contribution in [1.82, 2.24) is 14.3 Å². The molecule has 2 unspecified atom stereocenters. The number of hydrogen-bond donors (Lipinski definition) is 3. The number of benzene rings is 1. The molecule has 6 atom stereocenters. The largest absolute Gasteiger partial charge is 0.468 e. The lowest BCUT2D eigenvalue weighted by Gasteiger charge is -2.29. The Balaban J connectivity index is 1.92. The molecule has 16 heteroatoms. The number of aliphatic hydroxyl groups excluding tert-OH is 1. The Labute approximate surface area is 212 Å². The molecule has 0 saturated carbocycles. The monoisotopic (exact) mass is 567 g/mol. The second-order valence-electron chi connectivity index (χ2n) is 8.34. The molecule has 1 fully saturated rings. The van der Waals surface area contributed by atoms with Crippen molar-refractivity contribution >= 4 is 24.1 Å². The van der Waals surface area contributed by atoms with Crippen LogP contribution in [0, 0.1) is 0 Å². The van der Waals surface area contributed by atoms with Gasteiger partial charge in [-0.3, -0.25) is 14.2 Å². The van der Waals surface area contributed by atoms with E-state index in [1.165, 1.54) is 31.2 Å². The molecule has 1 saturated heterocycles. The molecule has 0 radical (unpaired) electrons. The lowest BCUT2D eigenvalue weighted by molar-refractivity contribution is -0.142. The van der Waals surface area contributed by atoms with Crippen LogP contribution in [-0.2, 0) is 18.8 Å². The summed E-state index contributed by atoms with van der Waals surface area (Å²) in [4.78, 5) is 38.1. The molecule has 204 valence electrons. The van der Waals surface area contributed by atoms with Crippen molar-refractivity contribution in [2.75, 3.05) is 7.11 Å². The topological polar surface area (TPSA) is 149 Å². The summed E-state index contributed by atoms with van der Waals surface area (Å²) in [6.07, 6.45) is -6.82. The van der Waals surface area contributed by atoms with Crippen LogP contribution < -0.4 is 20.5 Å². The molecule has 1 aromatic carbocycles. The average Bonchev–Trinajstić information content (AvgIpc) is 3.05. The van der Waals surface area contributed by atoms with Crippen molar-refractivity contribution in [3.05, 3.63) is 63.4 Å². The van der Waals surface area contributed by atoms with Gasteiger partial charge in [-0.25, -0.2) is 18.5 Å². The van der Waals surface area contributed by atoms with Crippen LogP contribution >= 0.6 is 18.1 Å². The van der Waals surface area contributed by atoms with Crippen molar-refractivity contribution in [3.8, 4) is 5.75 Å². The van der Waals surface area contributed by atoms with Crippen molar-refractivity contribution < 1.29 is 41.6 Å². The van der Waals surface area contributed by atoms with Gasteiger partial charge in [0.05, 0.1) is 19.6 Å². The van der Waals surface area contributed by atoms with E-state index < -0.39 is 66.0 Å². The third-order valence-corrected chi connectivity index (χ3v) is 9.76. The van der Waals surface area contributed by atoms with Crippen LogP contribution in [0.5, 0.6) is 5.75 Å². The Kier molecular flexibility index (Phi) is 8.64. The van der Waals surface area contributed by atoms with Gasteiger partial charge < -0.3 is 24.1 Å². The SMILES string of the molecule is COC(=O)C(C)NSP(=O)(Oc1ccccc1)C(F)(F)C[C@H]1O[C@@H](n2c(=O)cc[nH]c2=O)[C@](C)(F)[C@@H]1O. The second-order valence-corrected chi connectivity index (χ2v) is 12.6. The van der Waals surface area contributed by atoms with E-state index >= 15 is 13.2 Å². The molecular weight excluding hydrogens is 542 g/mol. The second kappa shape index (κ2) is 11.0. The standard InChI is InChI=1S/C21H25F3N3O8PS/c1-12(17(30)33-3)26-37-36(32,35-13-7-5-4-6-8-13)21(23,24)11-14-16(29)20(2,22)18(34-14)27-15(28)9-10-25-19(27)31/h4-10,12,14,16,18,26,29H,11H2,1-3H3,(H,25,31)/t12?,14-,16-,18-,20-,36?/m1/s1. The van der Waals surface area contributed by atoms with Crippen LogP contribution in [0.2, 0.25) is 0 Å². The summed E-state index contributed by atoms with van der Waals surface area (Å²) in [6.45, 7) is -3.10. The third-order valence-electron chi connectivity index (χ3n) is 5.56. The first-order chi connectivity index (χ1) is 17.2. The molecule has 0 aliphatic carbocycles. The van der Waals surface area contributed by atoms with Gasteiger partial charge in [0.2, 0.25) is 0 Å². The maximum absolute atomic E-state index is 15.6. The number of aromatic amines is 1. The smallest absolute Gasteiger partial charge is 0.385 e. The Bertz CT molecular complexity index is 1250. The predicted molar refractivity (Wildman–Crippen MR) is 127 cm³/mol. The quantitative estimate of drug-likeness (QED) is 0.222. The molecule has 0 spiro atoms. The number of ether oxygens (including phenoxy) is 2. The Morgan fingerprint density at radius 2 is 2.00 bits per heavy atom. The summed E-state index contributed by atoms with van der Waals surface area (Å²) >= 11 is -0.0446. The van der Waals surface area contributed by atoms with Crippen molar-refractivity contribution in [1.29, 1.82) is 0 Å². The number of nitrogens with zero attached hydrogens (tertiary/aromatic N) is 1. The van der Waals surface area contributed by atoms with Gasteiger partial charge in [0.15, 0.2) is 11.9 Å². The fourth-order valence-corrected chi connectivity index (χ4v) is 6.90. The minimum Gasteiger partial charge on any atom is -0.468 e. The fraction of sp³-hybridized carbons (Fsp3) is 0.476. The maximum atomic E-state index is 15.6. The normalized spacial score (nSPS) is 26.3. The maximum Gasteiger partial charge on any atom is 0.385 e. The number of alkyl halides is 3. The molecule has 37 heavy (non-hydrogen) atoms. The van der Waals surface area contributed by atoms with E-state index in [1.54, 1.807) is 6.07 Å². The number of methoxy groups -OCH3 is 1. The number of halogens is 3. The summed E-state index contributed by atoms with van der Waals surface area (Å²) in [5, 5.41) is 10.5. The first-order valence-electron chi connectivity index (χ1n) is 10.8. The summed E-state index contributed by atoms with van der Waals surface area (Å²) in [7, 11) is 1.08. The molecule has 11 nitrogen and oxygen atoms in total. The Hall–Kier alpha value is -2.58. The molecule has 1 aromatic heterocycles. The van der Waals surface area contributed by atoms with E-state index in [4.69, 9.17) is 9.26 Å². The zero-order chi connectivity index (χ0) is 27.6. The molecule has 3 rings (SSSR count). The van der Waals surface area contributed by atoms with E-state index in [-0.39, 0.29) is 17.3 Å². The highest BCUT2D eigenvalue weighted by molar-refractivity contribution is 8.56. The van der Waals surface area contributed by atoms with Gasteiger partial charge >= 0.3 is 23.9 Å². The number of aromatic nitrogens is 2. The van der Waals surface area contributed by atoms with Gasteiger partial charge in [-0.05, 0) is 26.0 Å². The van der Waals surface area contributed by atoms with Crippen LogP contribution in [0.1, 0.15) is 26.5 Å². The van der Waals surface area contributed by atoms with Crippen molar-refractivity contribution in [2.45, 2.75) is 56.1 Å². The van der Waals surface area contributed by atoms with Gasteiger partial charge in [0.25, 0.3) is 5.56 Å². The van der Waals surface area contributed by atoms with Gasteiger partial charge in [-0.2, -0.15) is 8.78 Å². The minimum absolute atomic E-state index is 0.0446. The van der Waals surface area contributed by atoms with Crippen molar-refractivity contribution in [2.24, 2.45) is 0 Å². The van der Waals surface area contributed by atoms with Gasteiger partial charge in [-0.1, -0.05) is 18.2 Å². The highest BCUT2D eigenvalue weighted by Crippen LogP contribution is 2.70. The number of carbonyl (C=O) groups is 1. The number of rotatable bonds is 10. The highest BCUT2D eigenvalue weighted by atomic mass is 32.7. The van der Waals surface area contributed by atoms with Gasteiger partial charge in [-0.15, -0.1) is 0 Å². The molecule has 2 aromatic rings. The Morgan fingerprint density at radius 3 is 2.59 bits per heavy atom. The van der Waals surface area contributed by atoms with E-state index in [0.29, 0.717) is 4.57 Å². The molecule has 0 bridgehead atoms. The average molecular weight is 567 g/mol. The highest BCUT2D eigenvalue weighted by Gasteiger charge is 2.62. The van der Waals surface area contributed by atoms with Crippen LogP contribution in [-0.4, -0.2) is 57.3 Å². The van der Waals surface area contributed by atoms with Crippen molar-refractivity contribution in [3.63, 3.8) is 0 Å². The van der Waals surface area contributed by atoms with Crippen LogP contribution in [0.25, 0.3) is 0 Å². The molecule has 1 aliphatic heterocycles. The zero-order valence-electron chi connectivity index (χ0n) is 19.8. The number of esters is 1. The van der Waals surface area contributed by atoms with Crippen LogP contribution in [0.3, 0.4) is 0 Å². The lowest BCUT2D eigenvalue weighted by atomic mass is 9.97. The third kappa shape index (κ3) is 5.96. The van der Waals surface area contributed by atoms with E-state index in [1.807, 2.05) is 0 Å². The number of H-pyrrole nitrogens is 1. The molecular formula is C21H25F3N3O8PS. The number of carbonyl (C=O) groups excluding carboxylic acids is 1. The Morgan fingerprint density at radius 1 is 1.35 bits per heavy atom. The number of aliphatic hydroxyl groups is 1. The van der Waals surface area contributed by atoms with E-state index in [9.17, 15) is 24.1 Å². The minimum atomic E-state index is -5.17. The first kappa shape index (κ1) is 29.0. The molecule has 1 aliphatic rings. The van der Waals surface area contributed by atoms with Crippen LogP contribution in [0.4, 0.5) is 13.2 Å². The predicted octanol–water partition coefficient (Wildman–Crippen LogP) is 2.58. The molecule has 0 amide bonds. The summed E-state index contributed by atoms with van der Waals surface area (Å²) in [5.74, 6) is -1.01. The summed E-state index contributed by atoms with van der Waals surface area (Å²) in [5.41, 5.74) is -9.21. The van der Waals surface area contributed by atoms with Crippen LogP contribution in [0.15, 0.2) is 52.2 Å². The number of para-hydroxylation sites is 1. The lowest BCUT2D eigenvalue weighted by Crippen LogP contribution is -2.46. The summed E-state index contributed by atoms with van der Waals surface area (Å²) < 4.78 is 77.9. The summed E-state index contributed by atoms with van der Waals surface area (Å²) in [6, 6.07) is 6.74. The van der Waals surface area contributed by atoms with Gasteiger partial charge in [0.1, 0.15) is 17.9 Å². The molecule has 2 heterocycles. The number of hydrogen-bond acceptors (Lipinski definition) is 10. The first-order valence-corrected chi connectivity index (χ1v) is 13.9. The fourth-order valence-electron chi connectivity index (χ4n) is 3.51. The number of nitrogens with one attached hydrogen (secondary N) is 2. The van der Waals surface area contributed by atoms with Gasteiger partial charge in [0, 0.05) is 23.8 Å². The van der Waals surface area contributed by atoms with E-state index in [0.717, 1.165) is 26.3 Å². The van der Waals surface area contributed by atoms with E-state index in [2.05, 4.69) is 14.4 Å².